The van der Waals surface area contributed by atoms with E-state index in [4.69, 9.17) is 27.9 Å². The summed E-state index contributed by atoms with van der Waals surface area (Å²) in [5.41, 5.74) is -1.11. The van der Waals surface area contributed by atoms with Gasteiger partial charge in [0.25, 0.3) is 11.8 Å². The first-order valence-electron chi connectivity index (χ1n) is 9.85. The molecule has 1 heterocycles. The van der Waals surface area contributed by atoms with E-state index in [0.717, 1.165) is 12.1 Å². The van der Waals surface area contributed by atoms with Crippen LogP contribution in [-0.2, 0) is 15.8 Å². The number of rotatable bonds is 5. The minimum absolute atomic E-state index is 0.199. The highest BCUT2D eigenvalue weighted by atomic mass is 35.5. The van der Waals surface area contributed by atoms with E-state index >= 15 is 0 Å². The maximum atomic E-state index is 13.0. The monoisotopic (exact) mass is 520 g/mol. The topological polar surface area (TPSA) is 75.7 Å². The summed E-state index contributed by atoms with van der Waals surface area (Å²) in [6.07, 6.45) is -4.66. The summed E-state index contributed by atoms with van der Waals surface area (Å²) in [5, 5.41) is 2.68. The van der Waals surface area contributed by atoms with Crippen LogP contribution in [0.5, 0.6) is 5.75 Å². The van der Waals surface area contributed by atoms with Crippen molar-refractivity contribution in [1.29, 1.82) is 0 Å². The molecule has 2 amide bonds. The summed E-state index contributed by atoms with van der Waals surface area (Å²) in [7, 11) is 0. The van der Waals surface area contributed by atoms with Gasteiger partial charge in [0.2, 0.25) is 0 Å². The highest BCUT2D eigenvalue weighted by molar-refractivity contribution is 6.53. The molecule has 0 bridgehead atoms. The van der Waals surface area contributed by atoms with Gasteiger partial charge in [0, 0.05) is 10.7 Å². The molecule has 0 radical (unpaired) electrons. The molecule has 4 rings (SSSR count). The Bertz CT molecular complexity index is 1350. The second-order valence-corrected chi connectivity index (χ2v) is 8.04. The fraction of sp³-hybridized carbons (Fsp3) is 0.0417. The molecule has 3 aromatic carbocycles. The van der Waals surface area contributed by atoms with E-state index in [1.54, 1.807) is 12.1 Å². The lowest BCUT2D eigenvalue weighted by molar-refractivity contribution is -0.137. The number of nitrogens with zero attached hydrogens (tertiary/aromatic N) is 1. The SMILES string of the molecule is O=C(Oc1ccc(Cl)cc1)c1ccc(NC2=C(Cl)C(=O)N(c3cccc(C(F)(F)F)c3)C2=O)cc1. The molecule has 1 N–H and O–H groups in total. The van der Waals surface area contributed by atoms with Crippen molar-refractivity contribution in [2.24, 2.45) is 0 Å². The van der Waals surface area contributed by atoms with Crippen LogP contribution in [0, 0.1) is 0 Å². The Morgan fingerprint density at radius 1 is 0.886 bits per heavy atom. The highest BCUT2D eigenvalue weighted by Gasteiger charge is 2.40. The van der Waals surface area contributed by atoms with Crippen molar-refractivity contribution in [2.45, 2.75) is 6.18 Å². The maximum absolute atomic E-state index is 13.0. The second kappa shape index (κ2) is 9.44. The number of ether oxygens (including phenoxy) is 1. The average molecular weight is 521 g/mol. The molecule has 6 nitrogen and oxygen atoms in total. The predicted octanol–water partition coefficient (Wildman–Crippen LogP) is 6.01. The van der Waals surface area contributed by atoms with Gasteiger partial charge >= 0.3 is 12.1 Å². The number of hydrogen-bond donors (Lipinski definition) is 1. The van der Waals surface area contributed by atoms with Gasteiger partial charge in [0.15, 0.2) is 0 Å². The Balaban J connectivity index is 1.49. The zero-order valence-electron chi connectivity index (χ0n) is 17.4. The Morgan fingerprint density at radius 2 is 1.54 bits per heavy atom. The molecule has 3 aromatic rings. The Kier molecular flexibility index (Phi) is 6.56. The zero-order valence-corrected chi connectivity index (χ0v) is 18.9. The van der Waals surface area contributed by atoms with E-state index in [9.17, 15) is 27.6 Å². The van der Waals surface area contributed by atoms with Crippen LogP contribution >= 0.6 is 23.2 Å². The largest absolute Gasteiger partial charge is 0.423 e. The summed E-state index contributed by atoms with van der Waals surface area (Å²) in [6, 6.07) is 15.7. The molecule has 0 aromatic heterocycles. The fourth-order valence-electron chi connectivity index (χ4n) is 3.17. The summed E-state index contributed by atoms with van der Waals surface area (Å²) < 4.78 is 44.4. The number of carbonyl (C=O) groups excluding carboxylic acids is 3. The van der Waals surface area contributed by atoms with Gasteiger partial charge in [0.1, 0.15) is 16.5 Å². The van der Waals surface area contributed by atoms with Gasteiger partial charge in [-0.05, 0) is 66.7 Å². The van der Waals surface area contributed by atoms with E-state index in [2.05, 4.69) is 5.32 Å². The van der Waals surface area contributed by atoms with Gasteiger partial charge in [-0.2, -0.15) is 13.2 Å². The van der Waals surface area contributed by atoms with E-state index in [1.807, 2.05) is 0 Å². The molecule has 11 heteroatoms. The second-order valence-electron chi connectivity index (χ2n) is 7.23. The number of carbonyl (C=O) groups is 3. The van der Waals surface area contributed by atoms with Crippen molar-refractivity contribution < 1.29 is 32.3 Å². The van der Waals surface area contributed by atoms with Crippen molar-refractivity contribution >= 4 is 52.4 Å². The van der Waals surface area contributed by atoms with Crippen LogP contribution in [0.4, 0.5) is 24.5 Å². The first-order valence-corrected chi connectivity index (χ1v) is 10.6. The number of imide groups is 1. The Hall–Kier alpha value is -3.82. The molecular formula is C24H13Cl2F3N2O4. The molecule has 0 saturated heterocycles. The van der Waals surface area contributed by atoms with E-state index in [-0.39, 0.29) is 16.9 Å². The molecule has 0 saturated carbocycles. The zero-order chi connectivity index (χ0) is 25.3. The predicted molar refractivity (Wildman–Crippen MR) is 123 cm³/mol. The molecule has 0 aliphatic carbocycles. The number of halogens is 5. The van der Waals surface area contributed by atoms with Crippen LogP contribution in [0.1, 0.15) is 15.9 Å². The van der Waals surface area contributed by atoms with Crippen LogP contribution < -0.4 is 15.0 Å². The summed E-state index contributed by atoms with van der Waals surface area (Å²) >= 11 is 11.8. The van der Waals surface area contributed by atoms with Gasteiger partial charge in [-0.25, -0.2) is 9.69 Å². The van der Waals surface area contributed by atoms with Crippen molar-refractivity contribution in [3.8, 4) is 5.75 Å². The fourth-order valence-corrected chi connectivity index (χ4v) is 3.51. The lowest BCUT2D eigenvalue weighted by Gasteiger charge is -2.17. The molecule has 178 valence electrons. The number of amides is 2. The minimum atomic E-state index is -4.66. The molecule has 1 aliphatic heterocycles. The van der Waals surface area contributed by atoms with Crippen molar-refractivity contribution in [3.05, 3.63) is 99.7 Å². The number of nitrogens with one attached hydrogen (secondary N) is 1. The molecule has 1 aliphatic rings. The van der Waals surface area contributed by atoms with Crippen molar-refractivity contribution in [1.82, 2.24) is 0 Å². The van der Waals surface area contributed by atoms with Crippen molar-refractivity contribution in [3.63, 3.8) is 0 Å². The molecular weight excluding hydrogens is 508 g/mol. The Labute approximate surface area is 206 Å². The van der Waals surface area contributed by atoms with Gasteiger partial charge in [0.05, 0.1) is 16.8 Å². The van der Waals surface area contributed by atoms with E-state index < -0.39 is 34.6 Å². The lowest BCUT2D eigenvalue weighted by Crippen LogP contribution is -2.32. The molecule has 35 heavy (non-hydrogen) atoms. The average Bonchev–Trinajstić information content (AvgIpc) is 3.03. The first-order chi connectivity index (χ1) is 16.5. The van der Waals surface area contributed by atoms with Crippen LogP contribution in [0.25, 0.3) is 0 Å². The minimum Gasteiger partial charge on any atom is -0.423 e. The smallest absolute Gasteiger partial charge is 0.416 e. The van der Waals surface area contributed by atoms with Gasteiger partial charge < -0.3 is 10.1 Å². The summed E-state index contributed by atoms with van der Waals surface area (Å²) in [6.45, 7) is 0. The number of anilines is 2. The number of benzene rings is 3. The van der Waals surface area contributed by atoms with E-state index in [0.29, 0.717) is 27.4 Å². The summed E-state index contributed by atoms with van der Waals surface area (Å²) in [5.74, 6) is -2.24. The Morgan fingerprint density at radius 3 is 2.17 bits per heavy atom. The molecule has 0 fully saturated rings. The number of alkyl halides is 3. The third kappa shape index (κ3) is 5.16. The van der Waals surface area contributed by atoms with E-state index in [1.165, 1.54) is 42.5 Å². The molecule has 0 atom stereocenters. The van der Waals surface area contributed by atoms with Crippen LogP contribution in [0.15, 0.2) is 83.5 Å². The van der Waals surface area contributed by atoms with Crippen LogP contribution in [0.3, 0.4) is 0 Å². The third-order valence-corrected chi connectivity index (χ3v) is 5.48. The van der Waals surface area contributed by atoms with Crippen molar-refractivity contribution in [2.75, 3.05) is 10.2 Å². The van der Waals surface area contributed by atoms with Gasteiger partial charge in [-0.1, -0.05) is 29.3 Å². The highest BCUT2D eigenvalue weighted by Crippen LogP contribution is 2.35. The quantitative estimate of drug-likeness (QED) is 0.253. The molecule has 0 unspecified atom stereocenters. The number of esters is 1. The maximum Gasteiger partial charge on any atom is 0.416 e. The van der Waals surface area contributed by atoms with Gasteiger partial charge in [-0.15, -0.1) is 0 Å². The normalized spacial score (nSPS) is 13.9. The first kappa shape index (κ1) is 24.3. The third-order valence-electron chi connectivity index (χ3n) is 4.87. The number of hydrogen-bond acceptors (Lipinski definition) is 5. The summed E-state index contributed by atoms with van der Waals surface area (Å²) in [4.78, 5) is 38.2. The van der Waals surface area contributed by atoms with Gasteiger partial charge in [-0.3, -0.25) is 9.59 Å². The molecule has 0 spiro atoms. The standard InChI is InChI=1S/C24H13Cl2F3N2O4/c25-15-6-10-18(11-7-15)35-23(34)13-4-8-16(9-5-13)30-20-19(26)21(32)31(22(20)33)17-3-1-2-14(12-17)24(27,28)29/h1-12,30H. The van der Waals surface area contributed by atoms with Crippen LogP contribution in [-0.4, -0.2) is 17.8 Å². The van der Waals surface area contributed by atoms with Crippen LogP contribution in [0.2, 0.25) is 5.02 Å². The lowest BCUT2D eigenvalue weighted by atomic mass is 10.2.